The Hall–Kier alpha value is -3.22. The summed E-state index contributed by atoms with van der Waals surface area (Å²) in [5, 5.41) is 11.6. The molecule has 2 aromatic carbocycles. The van der Waals surface area contributed by atoms with E-state index >= 15 is 0 Å². The highest BCUT2D eigenvalue weighted by Gasteiger charge is 2.23. The van der Waals surface area contributed by atoms with Crippen LogP contribution in [0.2, 0.25) is 0 Å². The maximum absolute atomic E-state index is 11.9. The molecule has 0 unspecified atom stereocenters. The maximum Gasteiger partial charge on any atom is 0.411 e. The smallest absolute Gasteiger partial charge is 0.411 e. The Morgan fingerprint density at radius 1 is 1.04 bits per heavy atom. The zero-order chi connectivity index (χ0) is 19.1. The number of carbonyl (C=O) groups is 2. The molecule has 0 spiro atoms. The minimum absolute atomic E-state index is 0.00440. The molecule has 0 atom stereocenters. The molecular weight excluding hydrogens is 348 g/mol. The second kappa shape index (κ2) is 8.93. The molecule has 2 N–H and O–H groups in total. The second-order valence-electron chi connectivity index (χ2n) is 6.30. The van der Waals surface area contributed by atoms with E-state index in [1.807, 2.05) is 30.3 Å². The fourth-order valence-electron chi connectivity index (χ4n) is 2.85. The van der Waals surface area contributed by atoms with Crippen LogP contribution in [0, 0.1) is 0 Å². The van der Waals surface area contributed by atoms with Crippen LogP contribution in [-0.2, 0) is 11.3 Å². The lowest BCUT2D eigenvalue weighted by Gasteiger charge is -2.30. The third-order valence-electron chi connectivity index (χ3n) is 4.33. The topological polar surface area (TPSA) is 88.1 Å². The highest BCUT2D eigenvalue weighted by Crippen LogP contribution is 2.21. The fraction of sp³-hybridized carbons (Fsp3) is 0.300. The summed E-state index contributed by atoms with van der Waals surface area (Å²) in [4.78, 5) is 24.2. The number of rotatable bonds is 5. The van der Waals surface area contributed by atoms with Gasteiger partial charge in [-0.3, -0.25) is 5.32 Å². The molecule has 7 heteroatoms. The van der Waals surface area contributed by atoms with E-state index in [0.29, 0.717) is 37.4 Å². The van der Waals surface area contributed by atoms with Gasteiger partial charge >= 0.3 is 12.2 Å². The Morgan fingerprint density at radius 2 is 1.70 bits per heavy atom. The number of hydrogen-bond acceptors (Lipinski definition) is 4. The molecular formula is C20H22N2O5. The monoisotopic (exact) mass is 370 g/mol. The number of ether oxygens (including phenoxy) is 2. The number of anilines is 1. The Balaban J connectivity index is 1.43. The minimum atomic E-state index is -0.886. The molecule has 1 fully saturated rings. The largest absolute Gasteiger partial charge is 0.490 e. The molecule has 1 aliphatic heterocycles. The van der Waals surface area contributed by atoms with E-state index in [2.05, 4.69) is 5.32 Å². The molecule has 0 saturated carbocycles. The number of piperidine rings is 1. The zero-order valence-corrected chi connectivity index (χ0v) is 14.8. The van der Waals surface area contributed by atoms with Gasteiger partial charge in [0.25, 0.3) is 0 Å². The summed E-state index contributed by atoms with van der Waals surface area (Å²) in [5.41, 5.74) is 1.53. The van der Waals surface area contributed by atoms with Crippen molar-refractivity contribution in [1.29, 1.82) is 0 Å². The lowest BCUT2D eigenvalue weighted by atomic mass is 10.1. The maximum atomic E-state index is 11.9. The average molecular weight is 370 g/mol. The average Bonchev–Trinajstić information content (AvgIpc) is 2.69. The SMILES string of the molecule is O=C(Nc1ccc(OC2CCN(C(=O)O)CC2)cc1)OCc1ccccc1. The van der Waals surface area contributed by atoms with Gasteiger partial charge in [-0.15, -0.1) is 0 Å². The van der Waals surface area contributed by atoms with Gasteiger partial charge < -0.3 is 19.5 Å². The number of nitrogens with one attached hydrogen (secondary N) is 1. The number of carboxylic acid groups (broad SMARTS) is 1. The summed E-state index contributed by atoms with van der Waals surface area (Å²) in [5.74, 6) is 0.687. The van der Waals surface area contributed by atoms with Crippen molar-refractivity contribution in [2.75, 3.05) is 18.4 Å². The van der Waals surface area contributed by atoms with E-state index in [9.17, 15) is 9.59 Å². The third-order valence-corrected chi connectivity index (χ3v) is 4.33. The predicted molar refractivity (Wildman–Crippen MR) is 99.9 cm³/mol. The lowest BCUT2D eigenvalue weighted by molar-refractivity contribution is 0.0894. The molecule has 1 aliphatic rings. The quantitative estimate of drug-likeness (QED) is 0.832. The van der Waals surface area contributed by atoms with E-state index in [1.54, 1.807) is 24.3 Å². The highest BCUT2D eigenvalue weighted by molar-refractivity contribution is 5.84. The Labute approximate surface area is 157 Å². The molecule has 7 nitrogen and oxygen atoms in total. The van der Waals surface area contributed by atoms with Crippen LogP contribution in [0.15, 0.2) is 54.6 Å². The zero-order valence-electron chi connectivity index (χ0n) is 14.8. The summed E-state index contributed by atoms with van der Waals surface area (Å²) < 4.78 is 11.1. The molecule has 142 valence electrons. The van der Waals surface area contributed by atoms with Gasteiger partial charge in [0.15, 0.2) is 0 Å². The van der Waals surface area contributed by atoms with Crippen molar-refractivity contribution in [3.63, 3.8) is 0 Å². The van der Waals surface area contributed by atoms with Crippen LogP contribution in [0.1, 0.15) is 18.4 Å². The summed E-state index contributed by atoms with van der Waals surface area (Å²) in [7, 11) is 0. The van der Waals surface area contributed by atoms with Crippen molar-refractivity contribution in [3.05, 3.63) is 60.2 Å². The van der Waals surface area contributed by atoms with Crippen molar-refractivity contribution in [3.8, 4) is 5.75 Å². The minimum Gasteiger partial charge on any atom is -0.490 e. The van der Waals surface area contributed by atoms with Crippen LogP contribution in [-0.4, -0.2) is 41.4 Å². The van der Waals surface area contributed by atoms with Crippen molar-refractivity contribution in [2.24, 2.45) is 0 Å². The molecule has 0 bridgehead atoms. The molecule has 3 rings (SSSR count). The first-order valence-electron chi connectivity index (χ1n) is 8.82. The summed E-state index contributed by atoms with van der Waals surface area (Å²) >= 11 is 0. The van der Waals surface area contributed by atoms with E-state index in [0.717, 1.165) is 5.56 Å². The van der Waals surface area contributed by atoms with Gasteiger partial charge in [0.1, 0.15) is 18.5 Å². The predicted octanol–water partition coefficient (Wildman–Crippen LogP) is 3.96. The molecule has 1 saturated heterocycles. The van der Waals surface area contributed by atoms with E-state index < -0.39 is 12.2 Å². The second-order valence-corrected chi connectivity index (χ2v) is 6.30. The van der Waals surface area contributed by atoms with Crippen molar-refractivity contribution in [2.45, 2.75) is 25.6 Å². The first kappa shape index (κ1) is 18.6. The van der Waals surface area contributed by atoms with Gasteiger partial charge in [-0.05, 0) is 29.8 Å². The number of benzene rings is 2. The molecule has 27 heavy (non-hydrogen) atoms. The molecule has 1 heterocycles. The van der Waals surface area contributed by atoms with Crippen LogP contribution in [0.5, 0.6) is 5.75 Å². The molecule has 0 aromatic heterocycles. The van der Waals surface area contributed by atoms with Crippen LogP contribution in [0.25, 0.3) is 0 Å². The van der Waals surface area contributed by atoms with E-state index in [-0.39, 0.29) is 12.7 Å². The summed E-state index contributed by atoms with van der Waals surface area (Å²) in [6.07, 6.45) is -0.0807. The molecule has 2 aromatic rings. The molecule has 2 amide bonds. The number of likely N-dealkylation sites (tertiary alicyclic amines) is 1. The van der Waals surface area contributed by atoms with E-state index in [1.165, 1.54) is 4.90 Å². The number of carbonyl (C=O) groups excluding carboxylic acids is 1. The number of amides is 2. The van der Waals surface area contributed by atoms with Gasteiger partial charge in [-0.25, -0.2) is 9.59 Å². The van der Waals surface area contributed by atoms with Crippen LogP contribution < -0.4 is 10.1 Å². The Kier molecular flexibility index (Phi) is 6.14. The van der Waals surface area contributed by atoms with Crippen LogP contribution >= 0.6 is 0 Å². The van der Waals surface area contributed by atoms with Crippen molar-refractivity contribution in [1.82, 2.24) is 4.90 Å². The van der Waals surface area contributed by atoms with Crippen molar-refractivity contribution < 1.29 is 24.2 Å². The lowest BCUT2D eigenvalue weighted by Crippen LogP contribution is -2.41. The normalized spacial score (nSPS) is 14.4. The fourth-order valence-corrected chi connectivity index (χ4v) is 2.85. The third kappa shape index (κ3) is 5.64. The van der Waals surface area contributed by atoms with Gasteiger partial charge in [0.2, 0.25) is 0 Å². The van der Waals surface area contributed by atoms with Crippen LogP contribution in [0.4, 0.5) is 15.3 Å². The van der Waals surface area contributed by atoms with Gasteiger partial charge in [0, 0.05) is 31.6 Å². The summed E-state index contributed by atoms with van der Waals surface area (Å²) in [6, 6.07) is 16.5. The molecule has 0 radical (unpaired) electrons. The first-order valence-corrected chi connectivity index (χ1v) is 8.82. The van der Waals surface area contributed by atoms with Gasteiger partial charge in [-0.2, -0.15) is 0 Å². The Morgan fingerprint density at radius 3 is 2.33 bits per heavy atom. The summed E-state index contributed by atoms with van der Waals surface area (Å²) in [6.45, 7) is 1.17. The van der Waals surface area contributed by atoms with Crippen LogP contribution in [0.3, 0.4) is 0 Å². The standard InChI is InChI=1S/C20H22N2O5/c23-19(26-14-15-4-2-1-3-5-15)21-16-6-8-17(9-7-16)27-18-10-12-22(13-11-18)20(24)25/h1-9,18H,10-14H2,(H,21,23)(H,24,25). The van der Waals surface area contributed by atoms with Gasteiger partial charge in [-0.1, -0.05) is 30.3 Å². The molecule has 0 aliphatic carbocycles. The number of hydrogen-bond donors (Lipinski definition) is 2. The first-order chi connectivity index (χ1) is 13.1. The van der Waals surface area contributed by atoms with Crippen molar-refractivity contribution >= 4 is 17.9 Å². The number of nitrogens with zero attached hydrogens (tertiary/aromatic N) is 1. The van der Waals surface area contributed by atoms with Gasteiger partial charge in [0.05, 0.1) is 0 Å². The highest BCUT2D eigenvalue weighted by atomic mass is 16.5. The van der Waals surface area contributed by atoms with E-state index in [4.69, 9.17) is 14.6 Å². The Bertz CT molecular complexity index is 756.